The lowest BCUT2D eigenvalue weighted by atomic mass is 10.1. The van der Waals surface area contributed by atoms with Crippen molar-refractivity contribution in [1.82, 2.24) is 4.98 Å². The van der Waals surface area contributed by atoms with E-state index >= 15 is 0 Å². The van der Waals surface area contributed by atoms with Gasteiger partial charge < -0.3 is 14.8 Å². The van der Waals surface area contributed by atoms with Gasteiger partial charge in [0.15, 0.2) is 16.6 Å². The lowest BCUT2D eigenvalue weighted by Crippen LogP contribution is -2.15. The highest BCUT2D eigenvalue weighted by molar-refractivity contribution is 7.99. The van der Waals surface area contributed by atoms with E-state index in [1.165, 1.54) is 16.2 Å². The molecule has 0 saturated heterocycles. The molecule has 0 spiro atoms. The molecule has 0 bridgehead atoms. The summed E-state index contributed by atoms with van der Waals surface area (Å²) >= 11 is 3.25. The second kappa shape index (κ2) is 7.78. The van der Waals surface area contributed by atoms with Crippen molar-refractivity contribution in [3.8, 4) is 11.5 Å². The van der Waals surface area contributed by atoms with Gasteiger partial charge in [0.25, 0.3) is 0 Å². The van der Waals surface area contributed by atoms with Gasteiger partial charge in [-0.15, -0.1) is 11.8 Å². The molecular weight excluding hydrogens is 380 g/mol. The molecule has 1 N–H and O–H groups in total. The summed E-state index contributed by atoms with van der Waals surface area (Å²) in [7, 11) is 0. The number of nitrogens with zero attached hydrogens (tertiary/aromatic N) is 1. The van der Waals surface area contributed by atoms with Crippen LogP contribution in [0.25, 0.3) is 10.2 Å². The van der Waals surface area contributed by atoms with E-state index in [1.807, 2.05) is 36.0 Å². The Bertz CT molecular complexity index is 924. The zero-order chi connectivity index (χ0) is 18.8. The average Bonchev–Trinajstić information content (AvgIpc) is 3.01. The van der Waals surface area contributed by atoms with Gasteiger partial charge in [-0.1, -0.05) is 37.3 Å². The summed E-state index contributed by atoms with van der Waals surface area (Å²) in [6, 6.07) is 11.9. The molecule has 1 aliphatic heterocycles. The van der Waals surface area contributed by atoms with Gasteiger partial charge in [-0.05, 0) is 17.7 Å². The number of carbonyl (C=O) groups excluding carboxylic acids is 1. The summed E-state index contributed by atoms with van der Waals surface area (Å²) in [6.07, 6.45) is 0.325. The molecule has 2 aromatic carbocycles. The van der Waals surface area contributed by atoms with Crippen molar-refractivity contribution < 1.29 is 14.3 Å². The van der Waals surface area contributed by atoms with Crippen LogP contribution in [0.15, 0.2) is 41.3 Å². The van der Waals surface area contributed by atoms with Crippen LogP contribution in [-0.2, 0) is 11.2 Å². The average molecular weight is 401 g/mol. The predicted octanol–water partition coefficient (Wildman–Crippen LogP) is 4.75. The van der Waals surface area contributed by atoms with E-state index in [2.05, 4.69) is 36.3 Å². The number of benzene rings is 2. The first-order chi connectivity index (χ1) is 13.1. The topological polar surface area (TPSA) is 60.5 Å². The van der Waals surface area contributed by atoms with Gasteiger partial charge in [-0.2, -0.15) is 0 Å². The van der Waals surface area contributed by atoms with Crippen molar-refractivity contribution >= 4 is 44.4 Å². The van der Waals surface area contributed by atoms with Crippen molar-refractivity contribution in [3.63, 3.8) is 0 Å². The number of aromatic nitrogens is 1. The molecule has 0 unspecified atom stereocenters. The van der Waals surface area contributed by atoms with Gasteiger partial charge >= 0.3 is 0 Å². The minimum absolute atomic E-state index is 0.0735. The fourth-order valence-electron chi connectivity index (χ4n) is 2.83. The Morgan fingerprint density at radius 2 is 1.89 bits per heavy atom. The molecule has 27 heavy (non-hydrogen) atoms. The summed E-state index contributed by atoms with van der Waals surface area (Å²) in [6.45, 7) is 5.42. The van der Waals surface area contributed by atoms with Crippen LogP contribution in [0.3, 0.4) is 0 Å². The van der Waals surface area contributed by atoms with E-state index < -0.39 is 0 Å². The number of ether oxygens (including phenoxy) is 2. The summed E-state index contributed by atoms with van der Waals surface area (Å²) in [4.78, 5) is 18.1. The number of anilines is 1. The second-order valence-corrected chi connectivity index (χ2v) is 9.20. The van der Waals surface area contributed by atoms with Gasteiger partial charge in [-0.25, -0.2) is 4.98 Å². The maximum absolute atomic E-state index is 12.4. The van der Waals surface area contributed by atoms with Gasteiger partial charge in [0.1, 0.15) is 13.2 Å². The zero-order valence-electron chi connectivity index (χ0n) is 15.2. The largest absolute Gasteiger partial charge is 0.486 e. The van der Waals surface area contributed by atoms with Crippen LogP contribution in [0.4, 0.5) is 5.13 Å². The fraction of sp³-hybridized carbons (Fsp3) is 0.300. The number of amides is 1. The Morgan fingerprint density at radius 1 is 1.19 bits per heavy atom. The highest BCUT2D eigenvalue weighted by Crippen LogP contribution is 2.37. The molecular formula is C20H20N2O3S2. The number of rotatable bonds is 5. The summed E-state index contributed by atoms with van der Waals surface area (Å²) in [5.74, 6) is 1.36. The molecule has 1 aliphatic rings. The van der Waals surface area contributed by atoms with E-state index in [0.717, 1.165) is 21.5 Å². The Kier molecular flexibility index (Phi) is 5.22. The van der Waals surface area contributed by atoms with Gasteiger partial charge in [0, 0.05) is 22.3 Å². The molecule has 7 heteroatoms. The lowest BCUT2D eigenvalue weighted by Gasteiger charge is -2.17. The van der Waals surface area contributed by atoms with Crippen LogP contribution in [0, 0.1) is 0 Å². The molecule has 1 amide bonds. The molecule has 4 rings (SSSR count). The fourth-order valence-corrected chi connectivity index (χ4v) is 4.56. The van der Waals surface area contributed by atoms with Crippen molar-refractivity contribution in [1.29, 1.82) is 0 Å². The molecule has 0 fully saturated rings. The second-order valence-electron chi connectivity index (χ2n) is 6.52. The number of hydrogen-bond donors (Lipinski definition) is 1. The zero-order valence-corrected chi connectivity index (χ0v) is 16.8. The van der Waals surface area contributed by atoms with E-state index in [0.29, 0.717) is 35.8 Å². The predicted molar refractivity (Wildman–Crippen MR) is 110 cm³/mol. The minimum atomic E-state index is -0.0735. The molecule has 0 radical (unpaired) electrons. The van der Waals surface area contributed by atoms with Crippen LogP contribution in [0.1, 0.15) is 19.4 Å². The van der Waals surface area contributed by atoms with Gasteiger partial charge in [0.05, 0.1) is 16.6 Å². The first kappa shape index (κ1) is 18.1. The van der Waals surface area contributed by atoms with Crippen LogP contribution in [-0.4, -0.2) is 29.4 Å². The SMILES string of the molecule is CC(C)Sc1ccc(CC(=O)Nc2nc3cc4c(cc3s2)OCCO4)cc1. The summed E-state index contributed by atoms with van der Waals surface area (Å²) in [5, 5.41) is 4.03. The highest BCUT2D eigenvalue weighted by Gasteiger charge is 2.16. The van der Waals surface area contributed by atoms with Crippen molar-refractivity contribution in [2.45, 2.75) is 30.4 Å². The Hall–Kier alpha value is -2.25. The van der Waals surface area contributed by atoms with E-state index in [4.69, 9.17) is 9.47 Å². The molecule has 5 nitrogen and oxygen atoms in total. The number of hydrogen-bond acceptors (Lipinski definition) is 6. The third-order valence-electron chi connectivity index (χ3n) is 3.96. The first-order valence-corrected chi connectivity index (χ1v) is 10.5. The van der Waals surface area contributed by atoms with Gasteiger partial charge in [0.2, 0.25) is 5.91 Å². The van der Waals surface area contributed by atoms with Crippen molar-refractivity contribution in [3.05, 3.63) is 42.0 Å². The monoisotopic (exact) mass is 400 g/mol. The third-order valence-corrected chi connectivity index (χ3v) is 5.91. The first-order valence-electron chi connectivity index (χ1n) is 8.82. The minimum Gasteiger partial charge on any atom is -0.486 e. The molecule has 0 atom stereocenters. The van der Waals surface area contributed by atoms with E-state index in [9.17, 15) is 4.79 Å². The summed E-state index contributed by atoms with van der Waals surface area (Å²) in [5.41, 5.74) is 1.79. The lowest BCUT2D eigenvalue weighted by molar-refractivity contribution is -0.115. The molecule has 0 saturated carbocycles. The van der Waals surface area contributed by atoms with E-state index in [1.54, 1.807) is 0 Å². The number of nitrogens with one attached hydrogen (secondary N) is 1. The quantitative estimate of drug-likeness (QED) is 0.626. The van der Waals surface area contributed by atoms with Crippen molar-refractivity contribution in [2.75, 3.05) is 18.5 Å². The Morgan fingerprint density at radius 3 is 2.59 bits per heavy atom. The van der Waals surface area contributed by atoms with Crippen LogP contribution < -0.4 is 14.8 Å². The van der Waals surface area contributed by atoms with Crippen LogP contribution in [0.5, 0.6) is 11.5 Å². The molecule has 0 aliphatic carbocycles. The normalized spacial score (nSPS) is 13.1. The number of thioether (sulfide) groups is 1. The number of carbonyl (C=O) groups is 1. The Balaban J connectivity index is 1.43. The molecule has 3 aromatic rings. The molecule has 1 aromatic heterocycles. The number of thiazole rings is 1. The van der Waals surface area contributed by atoms with Crippen molar-refractivity contribution in [2.24, 2.45) is 0 Å². The summed E-state index contributed by atoms with van der Waals surface area (Å²) < 4.78 is 12.1. The van der Waals surface area contributed by atoms with E-state index in [-0.39, 0.29) is 5.91 Å². The molecule has 2 heterocycles. The maximum Gasteiger partial charge on any atom is 0.230 e. The smallest absolute Gasteiger partial charge is 0.230 e. The third kappa shape index (κ3) is 4.36. The standard InChI is InChI=1S/C20H20N2O3S2/c1-12(2)26-14-5-3-13(4-6-14)9-19(23)22-20-21-15-10-16-17(11-18(15)27-20)25-8-7-24-16/h3-6,10-12H,7-9H2,1-2H3,(H,21,22,23). The van der Waals surface area contributed by atoms with Gasteiger partial charge in [-0.3, -0.25) is 4.79 Å². The van der Waals surface area contributed by atoms with Crippen LogP contribution in [0.2, 0.25) is 0 Å². The van der Waals surface area contributed by atoms with Crippen LogP contribution >= 0.6 is 23.1 Å². The Labute approximate surface area is 166 Å². The molecule has 140 valence electrons. The maximum atomic E-state index is 12.4. The highest BCUT2D eigenvalue weighted by atomic mass is 32.2. The number of fused-ring (bicyclic) bond motifs is 2.